The van der Waals surface area contributed by atoms with Gasteiger partial charge < -0.3 is 14.4 Å². The highest BCUT2D eigenvalue weighted by Crippen LogP contribution is 2.24. The summed E-state index contributed by atoms with van der Waals surface area (Å²) in [6.07, 6.45) is 1.16. The van der Waals surface area contributed by atoms with Crippen molar-refractivity contribution in [3.05, 3.63) is 41.0 Å². The summed E-state index contributed by atoms with van der Waals surface area (Å²) < 4.78 is 9.79. The van der Waals surface area contributed by atoms with Gasteiger partial charge in [-0.25, -0.2) is 4.79 Å². The molecule has 0 aliphatic rings. The maximum absolute atomic E-state index is 10.9. The minimum atomic E-state index is -1.09. The molecule has 1 aromatic carbocycles. The third-order valence-corrected chi connectivity index (χ3v) is 2.17. The van der Waals surface area contributed by atoms with Gasteiger partial charge in [0.2, 0.25) is 12.2 Å². The molecular weight excluding hydrogens is 248 g/mol. The topological polar surface area (TPSA) is 85.5 Å². The monoisotopic (exact) mass is 254 g/mol. The molecule has 0 amide bonds. The highest BCUT2D eigenvalue weighted by atomic mass is 35.5. The SMILES string of the molecule is O=C(O)c1ccc(Cl)cc1OCc1ncon1. The number of benzene rings is 1. The quantitative estimate of drug-likeness (QED) is 0.898. The molecule has 88 valence electrons. The Balaban J connectivity index is 2.19. The van der Waals surface area contributed by atoms with E-state index >= 15 is 0 Å². The van der Waals surface area contributed by atoms with Gasteiger partial charge in [0.15, 0.2) is 6.61 Å². The van der Waals surface area contributed by atoms with Gasteiger partial charge in [-0.1, -0.05) is 16.8 Å². The van der Waals surface area contributed by atoms with Crippen molar-refractivity contribution < 1.29 is 19.2 Å². The van der Waals surface area contributed by atoms with Crippen LogP contribution in [0.5, 0.6) is 5.75 Å². The molecule has 0 fully saturated rings. The van der Waals surface area contributed by atoms with Gasteiger partial charge in [0, 0.05) is 5.02 Å². The third-order valence-electron chi connectivity index (χ3n) is 1.94. The summed E-state index contributed by atoms with van der Waals surface area (Å²) in [6, 6.07) is 4.27. The van der Waals surface area contributed by atoms with E-state index in [0.717, 1.165) is 6.39 Å². The molecule has 0 bridgehead atoms. The summed E-state index contributed by atoms with van der Waals surface area (Å²) in [6.45, 7) is 0.0110. The van der Waals surface area contributed by atoms with Crippen molar-refractivity contribution in [2.24, 2.45) is 0 Å². The fourth-order valence-electron chi connectivity index (χ4n) is 1.19. The Kier molecular flexibility index (Phi) is 3.24. The molecule has 7 heteroatoms. The van der Waals surface area contributed by atoms with Gasteiger partial charge in [-0.15, -0.1) is 0 Å². The molecule has 0 spiro atoms. The van der Waals surface area contributed by atoms with Crippen LogP contribution < -0.4 is 4.74 Å². The van der Waals surface area contributed by atoms with E-state index < -0.39 is 5.97 Å². The number of halogens is 1. The summed E-state index contributed by atoms with van der Waals surface area (Å²) in [5.41, 5.74) is 0.0258. The first kappa shape index (κ1) is 11.4. The Labute approximate surface area is 101 Å². The summed E-state index contributed by atoms with van der Waals surface area (Å²) in [5, 5.41) is 12.9. The van der Waals surface area contributed by atoms with Crippen LogP contribution >= 0.6 is 11.6 Å². The van der Waals surface area contributed by atoms with Gasteiger partial charge in [0.1, 0.15) is 11.3 Å². The van der Waals surface area contributed by atoms with Crippen molar-refractivity contribution in [1.82, 2.24) is 10.1 Å². The van der Waals surface area contributed by atoms with Gasteiger partial charge >= 0.3 is 5.97 Å². The summed E-state index contributed by atoms with van der Waals surface area (Å²) >= 11 is 5.76. The van der Waals surface area contributed by atoms with Crippen molar-refractivity contribution in [3.63, 3.8) is 0 Å². The lowest BCUT2D eigenvalue weighted by molar-refractivity contribution is 0.0691. The van der Waals surface area contributed by atoms with Crippen LogP contribution in [0.25, 0.3) is 0 Å². The zero-order valence-electron chi connectivity index (χ0n) is 8.46. The molecule has 6 nitrogen and oxygen atoms in total. The van der Waals surface area contributed by atoms with E-state index in [9.17, 15) is 4.79 Å². The minimum Gasteiger partial charge on any atom is -0.485 e. The van der Waals surface area contributed by atoms with Crippen molar-refractivity contribution >= 4 is 17.6 Å². The third kappa shape index (κ3) is 2.73. The van der Waals surface area contributed by atoms with Gasteiger partial charge in [-0.05, 0) is 18.2 Å². The lowest BCUT2D eigenvalue weighted by atomic mass is 10.2. The molecule has 1 aromatic heterocycles. The van der Waals surface area contributed by atoms with Gasteiger partial charge in [0.25, 0.3) is 0 Å². The lowest BCUT2D eigenvalue weighted by Crippen LogP contribution is -2.04. The van der Waals surface area contributed by atoms with Crippen LogP contribution in [0.15, 0.2) is 29.1 Å². The average Bonchev–Trinajstić information content (AvgIpc) is 2.78. The largest absolute Gasteiger partial charge is 0.485 e. The average molecular weight is 255 g/mol. The molecule has 2 aromatic rings. The van der Waals surface area contributed by atoms with E-state index in [4.69, 9.17) is 21.4 Å². The molecule has 2 rings (SSSR count). The number of carbonyl (C=O) groups is 1. The van der Waals surface area contributed by atoms with Crippen LogP contribution in [0.2, 0.25) is 5.02 Å². The second kappa shape index (κ2) is 4.84. The standard InChI is InChI=1S/C10H7ClN2O4/c11-6-1-2-7(10(14)15)8(3-6)16-4-9-12-5-17-13-9/h1-3,5H,4H2,(H,14,15). The van der Waals surface area contributed by atoms with Crippen LogP contribution in [0, 0.1) is 0 Å². The zero-order chi connectivity index (χ0) is 12.3. The predicted octanol–water partition coefficient (Wildman–Crippen LogP) is 2.00. The molecule has 0 saturated heterocycles. The molecule has 17 heavy (non-hydrogen) atoms. The fourth-order valence-corrected chi connectivity index (χ4v) is 1.35. The normalized spacial score (nSPS) is 10.2. The molecular formula is C10H7ClN2O4. The molecule has 0 radical (unpaired) electrons. The highest BCUT2D eigenvalue weighted by Gasteiger charge is 2.12. The molecule has 0 aliphatic heterocycles. The Morgan fingerprint density at radius 3 is 3.00 bits per heavy atom. The Hall–Kier alpha value is -2.08. The number of hydrogen-bond acceptors (Lipinski definition) is 5. The smallest absolute Gasteiger partial charge is 0.339 e. The molecule has 0 unspecified atom stereocenters. The summed E-state index contributed by atoms with van der Waals surface area (Å²) in [4.78, 5) is 14.7. The highest BCUT2D eigenvalue weighted by molar-refractivity contribution is 6.30. The molecule has 0 atom stereocenters. The maximum atomic E-state index is 10.9. The molecule has 1 N–H and O–H groups in total. The minimum absolute atomic E-state index is 0.0110. The first-order valence-corrected chi connectivity index (χ1v) is 4.95. The van der Waals surface area contributed by atoms with Gasteiger partial charge in [-0.3, -0.25) is 0 Å². The summed E-state index contributed by atoms with van der Waals surface area (Å²) in [7, 11) is 0. The van der Waals surface area contributed by atoms with Crippen molar-refractivity contribution in [2.75, 3.05) is 0 Å². The second-order valence-corrected chi connectivity index (χ2v) is 3.52. The Bertz CT molecular complexity index is 527. The van der Waals surface area contributed by atoms with E-state index in [-0.39, 0.29) is 17.9 Å². The number of aromatic nitrogens is 2. The van der Waals surface area contributed by atoms with Crippen molar-refractivity contribution in [2.45, 2.75) is 6.61 Å². The number of ether oxygens (including phenoxy) is 1. The van der Waals surface area contributed by atoms with Crippen molar-refractivity contribution in [3.8, 4) is 5.75 Å². The van der Waals surface area contributed by atoms with E-state index in [0.29, 0.717) is 10.8 Å². The number of hydrogen-bond donors (Lipinski definition) is 1. The van der Waals surface area contributed by atoms with Crippen LogP contribution in [-0.2, 0) is 6.61 Å². The van der Waals surface area contributed by atoms with Crippen LogP contribution in [0.4, 0.5) is 0 Å². The van der Waals surface area contributed by atoms with Gasteiger partial charge in [-0.2, -0.15) is 4.98 Å². The first-order chi connectivity index (χ1) is 8.16. The second-order valence-electron chi connectivity index (χ2n) is 3.08. The molecule has 0 saturated carbocycles. The molecule has 0 aliphatic carbocycles. The Morgan fingerprint density at radius 1 is 1.53 bits per heavy atom. The van der Waals surface area contributed by atoms with E-state index in [1.165, 1.54) is 18.2 Å². The van der Waals surface area contributed by atoms with Crippen molar-refractivity contribution in [1.29, 1.82) is 0 Å². The van der Waals surface area contributed by atoms with Crippen LogP contribution in [0.3, 0.4) is 0 Å². The molecule has 1 heterocycles. The fraction of sp³-hybridized carbons (Fsp3) is 0.100. The maximum Gasteiger partial charge on any atom is 0.339 e. The Morgan fingerprint density at radius 2 is 2.35 bits per heavy atom. The van der Waals surface area contributed by atoms with Crippen LogP contribution in [-0.4, -0.2) is 21.2 Å². The van der Waals surface area contributed by atoms with Gasteiger partial charge in [0.05, 0.1) is 0 Å². The number of rotatable bonds is 4. The predicted molar refractivity (Wildman–Crippen MR) is 57.0 cm³/mol. The van der Waals surface area contributed by atoms with E-state index in [1.807, 2.05) is 0 Å². The number of aromatic carboxylic acids is 1. The van der Waals surface area contributed by atoms with E-state index in [1.54, 1.807) is 0 Å². The number of nitrogens with zero attached hydrogens (tertiary/aromatic N) is 2. The lowest BCUT2D eigenvalue weighted by Gasteiger charge is -2.07. The number of carboxylic acid groups (broad SMARTS) is 1. The first-order valence-electron chi connectivity index (χ1n) is 4.57. The summed E-state index contributed by atoms with van der Waals surface area (Å²) in [5.74, 6) is -0.610. The van der Waals surface area contributed by atoms with E-state index in [2.05, 4.69) is 14.7 Å². The van der Waals surface area contributed by atoms with Crippen LogP contribution in [0.1, 0.15) is 16.2 Å². The number of carboxylic acids is 1. The zero-order valence-corrected chi connectivity index (χ0v) is 9.22.